The third-order valence-electron chi connectivity index (χ3n) is 1.07. The molecule has 0 aliphatic carbocycles. The van der Waals surface area contributed by atoms with Gasteiger partial charge in [-0.3, -0.25) is 0 Å². The van der Waals surface area contributed by atoms with Crippen LogP contribution in [0.2, 0.25) is 0 Å². The first-order valence-electron chi connectivity index (χ1n) is 4.46. The smallest absolute Gasteiger partial charge is 0.141 e. The van der Waals surface area contributed by atoms with Gasteiger partial charge in [0.1, 0.15) is 23.5 Å². The second kappa shape index (κ2) is 11.1. The van der Waals surface area contributed by atoms with Crippen molar-refractivity contribution < 1.29 is 0 Å². The molecule has 0 aliphatic heterocycles. The average molecular weight is 189 g/mol. The number of nitrogens with zero attached hydrogens (tertiary/aromatic N) is 3. The summed E-state index contributed by atoms with van der Waals surface area (Å²) < 4.78 is 0. The van der Waals surface area contributed by atoms with E-state index in [0.717, 1.165) is 0 Å². The molecule has 0 radical (unpaired) electrons. The van der Waals surface area contributed by atoms with Gasteiger partial charge in [-0.2, -0.15) is 10.5 Å². The first-order chi connectivity index (χ1) is 6.78. The van der Waals surface area contributed by atoms with Gasteiger partial charge in [0.15, 0.2) is 0 Å². The Balaban J connectivity index is 0. The molecule has 0 spiro atoms. The zero-order valence-corrected chi connectivity index (χ0v) is 9.07. The van der Waals surface area contributed by atoms with Crippen LogP contribution in [0.15, 0.2) is 28.9 Å². The van der Waals surface area contributed by atoms with Crippen LogP contribution < -0.4 is 0 Å². The van der Waals surface area contributed by atoms with Crippen LogP contribution in [0.5, 0.6) is 0 Å². The Bertz CT molecular complexity index is 308. The molecule has 0 aliphatic rings. The fourth-order valence-electron chi connectivity index (χ4n) is 0.541. The molecule has 3 heteroatoms. The molecule has 0 aromatic heterocycles. The first-order valence-corrected chi connectivity index (χ1v) is 4.46. The van der Waals surface area contributed by atoms with Crippen molar-refractivity contribution in [3.8, 4) is 12.1 Å². The van der Waals surface area contributed by atoms with E-state index in [1.54, 1.807) is 32.1 Å². The van der Waals surface area contributed by atoms with E-state index in [2.05, 4.69) is 4.99 Å². The Morgan fingerprint density at radius 1 is 1.14 bits per heavy atom. The number of allylic oxidation sites excluding steroid dienone is 4. The van der Waals surface area contributed by atoms with E-state index < -0.39 is 0 Å². The molecule has 0 aromatic carbocycles. The summed E-state index contributed by atoms with van der Waals surface area (Å²) in [6, 6.07) is 3.74. The van der Waals surface area contributed by atoms with E-state index in [1.165, 1.54) is 0 Å². The quantitative estimate of drug-likeness (QED) is 0.495. The molecule has 0 aromatic rings. The minimum absolute atomic E-state index is 0.243. The molecule has 0 amide bonds. The highest BCUT2D eigenvalue weighted by Crippen LogP contribution is 1.95. The van der Waals surface area contributed by atoms with Gasteiger partial charge in [-0.25, -0.2) is 4.99 Å². The summed E-state index contributed by atoms with van der Waals surface area (Å²) in [5.41, 5.74) is 0.497. The lowest BCUT2D eigenvalue weighted by Crippen LogP contribution is -1.88. The molecule has 0 atom stereocenters. The maximum absolute atomic E-state index is 8.53. The van der Waals surface area contributed by atoms with E-state index in [4.69, 9.17) is 10.5 Å². The van der Waals surface area contributed by atoms with E-state index in [-0.39, 0.29) is 11.4 Å². The van der Waals surface area contributed by atoms with Gasteiger partial charge in [0.2, 0.25) is 0 Å². The van der Waals surface area contributed by atoms with Crippen molar-refractivity contribution in [3.63, 3.8) is 0 Å². The van der Waals surface area contributed by atoms with Gasteiger partial charge in [0, 0.05) is 0 Å². The fraction of sp³-hybridized carbons (Fsp3) is 0.364. The van der Waals surface area contributed by atoms with Crippen molar-refractivity contribution in [2.45, 2.75) is 27.7 Å². The lowest BCUT2D eigenvalue weighted by molar-refractivity contribution is 1.36. The zero-order chi connectivity index (χ0) is 11.4. The summed E-state index contributed by atoms with van der Waals surface area (Å²) in [6.07, 6.45) is 4.81. The number of hydrogen-bond donors (Lipinski definition) is 0. The predicted molar refractivity (Wildman–Crippen MR) is 58.6 cm³/mol. The topological polar surface area (TPSA) is 59.9 Å². The Hall–Kier alpha value is -1.87. The van der Waals surface area contributed by atoms with Crippen LogP contribution in [-0.2, 0) is 0 Å². The Morgan fingerprint density at radius 2 is 1.71 bits per heavy atom. The van der Waals surface area contributed by atoms with E-state index in [0.29, 0.717) is 0 Å². The number of nitriles is 2. The van der Waals surface area contributed by atoms with Gasteiger partial charge in [0.05, 0.1) is 0 Å². The van der Waals surface area contributed by atoms with Crippen LogP contribution in [0.25, 0.3) is 0 Å². The van der Waals surface area contributed by atoms with Crippen LogP contribution in [0.4, 0.5) is 0 Å². The van der Waals surface area contributed by atoms with E-state index >= 15 is 0 Å². The molecule has 0 rings (SSSR count). The SMILES string of the molecule is CC.C\C=C/C(C#N)=N\C(C#N)=C/C. The Labute approximate surface area is 85.7 Å². The van der Waals surface area contributed by atoms with Crippen LogP contribution in [0.1, 0.15) is 27.7 Å². The third-order valence-corrected chi connectivity index (χ3v) is 1.07. The first kappa shape index (κ1) is 14.6. The molecule has 0 unspecified atom stereocenters. The predicted octanol–water partition coefficient (Wildman–Crippen LogP) is 2.98. The maximum atomic E-state index is 8.53. The second-order valence-electron chi connectivity index (χ2n) is 1.89. The summed E-state index contributed by atoms with van der Waals surface area (Å²) in [5.74, 6) is 0. The highest BCUT2D eigenvalue weighted by atomic mass is 14.8. The molecule has 0 saturated heterocycles. The minimum Gasteiger partial charge on any atom is -0.227 e. The molecule has 0 N–H and O–H groups in total. The fourth-order valence-corrected chi connectivity index (χ4v) is 0.541. The number of aliphatic imine (C=N–C) groups is 1. The largest absolute Gasteiger partial charge is 0.227 e. The van der Waals surface area contributed by atoms with Crippen molar-refractivity contribution >= 4 is 5.71 Å². The normalized spacial score (nSPS) is 11.3. The summed E-state index contributed by atoms with van der Waals surface area (Å²) >= 11 is 0. The number of hydrogen-bond acceptors (Lipinski definition) is 3. The van der Waals surface area contributed by atoms with Crippen LogP contribution in [-0.4, -0.2) is 5.71 Å². The average Bonchev–Trinajstić information content (AvgIpc) is 2.27. The van der Waals surface area contributed by atoms with E-state index in [9.17, 15) is 0 Å². The molecule has 74 valence electrons. The van der Waals surface area contributed by atoms with Gasteiger partial charge >= 0.3 is 0 Å². The van der Waals surface area contributed by atoms with Crippen molar-refractivity contribution in [1.29, 1.82) is 10.5 Å². The van der Waals surface area contributed by atoms with Crippen molar-refractivity contribution in [1.82, 2.24) is 0 Å². The molecule has 0 saturated carbocycles. The summed E-state index contributed by atoms with van der Waals surface area (Å²) in [7, 11) is 0. The second-order valence-corrected chi connectivity index (χ2v) is 1.89. The monoisotopic (exact) mass is 189 g/mol. The van der Waals surface area contributed by atoms with Crippen LogP contribution in [0.3, 0.4) is 0 Å². The Morgan fingerprint density at radius 3 is 2.00 bits per heavy atom. The molecular weight excluding hydrogens is 174 g/mol. The van der Waals surface area contributed by atoms with Crippen molar-refractivity contribution in [3.05, 3.63) is 23.9 Å². The van der Waals surface area contributed by atoms with Crippen LogP contribution >= 0.6 is 0 Å². The number of rotatable bonds is 2. The van der Waals surface area contributed by atoms with Gasteiger partial charge in [-0.1, -0.05) is 26.0 Å². The van der Waals surface area contributed by atoms with Gasteiger partial charge in [-0.15, -0.1) is 0 Å². The summed E-state index contributed by atoms with van der Waals surface area (Å²) in [4.78, 5) is 3.79. The van der Waals surface area contributed by atoms with Gasteiger partial charge in [-0.05, 0) is 19.9 Å². The molecule has 3 nitrogen and oxygen atoms in total. The van der Waals surface area contributed by atoms with Crippen molar-refractivity contribution in [2.24, 2.45) is 4.99 Å². The Kier molecular flexibility index (Phi) is 11.6. The van der Waals surface area contributed by atoms with Gasteiger partial charge in [0.25, 0.3) is 0 Å². The molecule has 0 heterocycles. The standard InChI is InChI=1S/C9H9N3.C2H6/c1-3-5-9(7-11)12-8(4-2)6-10;1-2/h3-5H,1-2H3;1-2H3/b5-3-,8-4-,12-9+;. The molecule has 0 fully saturated rings. The third kappa shape index (κ3) is 6.82. The van der Waals surface area contributed by atoms with E-state index in [1.807, 2.05) is 26.0 Å². The van der Waals surface area contributed by atoms with Crippen molar-refractivity contribution in [2.75, 3.05) is 0 Å². The highest BCUT2D eigenvalue weighted by molar-refractivity contribution is 6.07. The molecule has 0 bridgehead atoms. The minimum atomic E-state index is 0.243. The molecule has 14 heavy (non-hydrogen) atoms. The summed E-state index contributed by atoms with van der Waals surface area (Å²) in [6.45, 7) is 7.49. The lowest BCUT2D eigenvalue weighted by Gasteiger charge is -1.86. The maximum Gasteiger partial charge on any atom is 0.141 e. The zero-order valence-electron chi connectivity index (χ0n) is 9.07. The highest BCUT2D eigenvalue weighted by Gasteiger charge is 1.92. The summed E-state index contributed by atoms with van der Waals surface area (Å²) in [5, 5.41) is 17.0. The van der Waals surface area contributed by atoms with Crippen LogP contribution in [0, 0.1) is 22.7 Å². The van der Waals surface area contributed by atoms with Gasteiger partial charge < -0.3 is 0 Å². The molecular formula is C11H15N3. The lowest BCUT2D eigenvalue weighted by atomic mass is 10.3.